The van der Waals surface area contributed by atoms with Crippen molar-refractivity contribution in [3.05, 3.63) is 0 Å². The van der Waals surface area contributed by atoms with Crippen LogP contribution in [0, 0.1) is 0 Å². The first-order valence-electron chi connectivity index (χ1n) is 12.1. The second-order valence-corrected chi connectivity index (χ2v) is 9.18. The molecule has 0 heterocycles. The predicted octanol–water partition coefficient (Wildman–Crippen LogP) is 7.01. The van der Waals surface area contributed by atoms with Crippen LogP contribution < -0.4 is 0 Å². The highest BCUT2D eigenvalue weighted by molar-refractivity contribution is 7.99. The molecule has 1 atom stereocenters. The lowest BCUT2D eigenvalue weighted by atomic mass is 10.0. The Morgan fingerprint density at radius 2 is 1.18 bits per heavy atom. The van der Waals surface area contributed by atoms with Gasteiger partial charge in [-0.3, -0.25) is 0 Å². The highest BCUT2D eigenvalue weighted by atomic mass is 32.2. The maximum Gasteiger partial charge on any atom is 0.0894 e. The minimum absolute atomic E-state index is 0.151. The third kappa shape index (κ3) is 22.5. The van der Waals surface area contributed by atoms with E-state index in [9.17, 15) is 0 Å². The molecule has 0 bridgehead atoms. The number of thioether (sulfide) groups is 1. The Kier molecular flexibility index (Phi) is 25.5. The van der Waals surface area contributed by atoms with Crippen LogP contribution in [-0.4, -0.2) is 49.6 Å². The molecule has 1 unspecified atom stereocenters. The summed E-state index contributed by atoms with van der Waals surface area (Å²) < 4.78 is 11.1. The molecule has 0 aliphatic carbocycles. The normalized spacial score (nSPS) is 12.5. The first-order valence-corrected chi connectivity index (χ1v) is 13.3. The van der Waals surface area contributed by atoms with E-state index >= 15 is 0 Å². The Labute approximate surface area is 180 Å². The van der Waals surface area contributed by atoms with Crippen molar-refractivity contribution in [3.8, 4) is 0 Å². The minimum atomic E-state index is 0.151. The number of hydrogen-bond donors (Lipinski definition) is 1. The lowest BCUT2D eigenvalue weighted by Gasteiger charge is -2.15. The molecule has 3 nitrogen and oxygen atoms in total. The van der Waals surface area contributed by atoms with E-state index in [1.54, 1.807) is 18.9 Å². The van der Waals surface area contributed by atoms with Gasteiger partial charge < -0.3 is 14.6 Å². The van der Waals surface area contributed by atoms with Crippen molar-refractivity contribution < 1.29 is 14.6 Å². The van der Waals surface area contributed by atoms with Crippen LogP contribution in [0.3, 0.4) is 0 Å². The molecular formula is C24H50O3S. The summed E-state index contributed by atoms with van der Waals surface area (Å²) in [4.78, 5) is 0. The van der Waals surface area contributed by atoms with Crippen LogP contribution in [0.1, 0.15) is 110 Å². The highest BCUT2D eigenvalue weighted by Crippen LogP contribution is 2.13. The van der Waals surface area contributed by atoms with Gasteiger partial charge in [-0.2, -0.15) is 11.8 Å². The van der Waals surface area contributed by atoms with E-state index < -0.39 is 0 Å². The Balaban J connectivity index is 3.13. The van der Waals surface area contributed by atoms with Gasteiger partial charge in [0.05, 0.1) is 19.3 Å². The SMILES string of the molecule is CCCCCCCCCCCCCCCCCCOCC(CSCCO)OC. The second kappa shape index (κ2) is 25.3. The van der Waals surface area contributed by atoms with E-state index in [1.165, 1.54) is 103 Å². The molecule has 0 aromatic heterocycles. The van der Waals surface area contributed by atoms with E-state index in [0.29, 0.717) is 6.61 Å². The molecule has 0 aliphatic rings. The number of aliphatic hydroxyl groups is 1. The van der Waals surface area contributed by atoms with E-state index in [-0.39, 0.29) is 12.7 Å². The molecule has 0 aromatic rings. The Morgan fingerprint density at radius 3 is 1.61 bits per heavy atom. The van der Waals surface area contributed by atoms with Gasteiger partial charge in [0.25, 0.3) is 0 Å². The summed E-state index contributed by atoms with van der Waals surface area (Å²) >= 11 is 1.72. The number of unbranched alkanes of at least 4 members (excludes halogenated alkanes) is 15. The van der Waals surface area contributed by atoms with Crippen molar-refractivity contribution in [3.63, 3.8) is 0 Å². The summed E-state index contributed by atoms with van der Waals surface area (Å²) in [6, 6.07) is 0. The monoisotopic (exact) mass is 418 g/mol. The van der Waals surface area contributed by atoms with E-state index in [2.05, 4.69) is 6.92 Å². The number of hydrogen-bond acceptors (Lipinski definition) is 4. The lowest BCUT2D eigenvalue weighted by Crippen LogP contribution is -2.21. The van der Waals surface area contributed by atoms with E-state index in [1.807, 2.05) is 0 Å². The zero-order valence-electron chi connectivity index (χ0n) is 19.1. The van der Waals surface area contributed by atoms with E-state index in [0.717, 1.165) is 18.1 Å². The van der Waals surface area contributed by atoms with Gasteiger partial charge >= 0.3 is 0 Å². The van der Waals surface area contributed by atoms with Crippen molar-refractivity contribution in [2.75, 3.05) is 38.4 Å². The summed E-state index contributed by atoms with van der Waals surface area (Å²) in [5.41, 5.74) is 0. The molecular weight excluding hydrogens is 368 g/mol. The molecule has 28 heavy (non-hydrogen) atoms. The molecule has 4 heteroatoms. The molecule has 0 spiro atoms. The minimum Gasteiger partial charge on any atom is -0.396 e. The second-order valence-electron chi connectivity index (χ2n) is 8.03. The molecule has 0 rings (SSSR count). The average Bonchev–Trinajstić information content (AvgIpc) is 2.71. The third-order valence-corrected chi connectivity index (χ3v) is 6.40. The van der Waals surface area contributed by atoms with Gasteiger partial charge in [0, 0.05) is 25.2 Å². The molecule has 0 saturated heterocycles. The van der Waals surface area contributed by atoms with Crippen molar-refractivity contribution in [2.24, 2.45) is 0 Å². The van der Waals surface area contributed by atoms with Gasteiger partial charge in [-0.1, -0.05) is 103 Å². The Bertz CT molecular complexity index is 277. The van der Waals surface area contributed by atoms with Crippen molar-refractivity contribution in [1.29, 1.82) is 0 Å². The zero-order valence-corrected chi connectivity index (χ0v) is 19.9. The van der Waals surface area contributed by atoms with Crippen LogP contribution >= 0.6 is 11.8 Å². The van der Waals surface area contributed by atoms with Gasteiger partial charge in [-0.15, -0.1) is 0 Å². The van der Waals surface area contributed by atoms with Crippen LogP contribution in [0.4, 0.5) is 0 Å². The van der Waals surface area contributed by atoms with Crippen LogP contribution in [0.2, 0.25) is 0 Å². The fourth-order valence-corrected chi connectivity index (χ4v) is 4.22. The molecule has 0 aliphatic heterocycles. The molecule has 0 radical (unpaired) electrons. The molecule has 1 N–H and O–H groups in total. The fraction of sp³-hybridized carbons (Fsp3) is 1.00. The number of aliphatic hydroxyl groups excluding tert-OH is 1. The van der Waals surface area contributed by atoms with Crippen LogP contribution in [0.5, 0.6) is 0 Å². The lowest BCUT2D eigenvalue weighted by molar-refractivity contribution is 0.0198. The standard InChI is InChI=1S/C24H50O3S/c1-3-4-5-6-7-8-9-10-11-12-13-14-15-16-17-18-20-27-22-24(26-2)23-28-21-19-25/h24-25H,3-23H2,1-2H3. The molecule has 0 fully saturated rings. The molecule has 0 aromatic carbocycles. The highest BCUT2D eigenvalue weighted by Gasteiger charge is 2.07. The van der Waals surface area contributed by atoms with Crippen LogP contribution in [-0.2, 0) is 9.47 Å². The van der Waals surface area contributed by atoms with Gasteiger partial charge in [0.1, 0.15) is 0 Å². The van der Waals surface area contributed by atoms with Gasteiger partial charge in [0.2, 0.25) is 0 Å². The first kappa shape index (κ1) is 28.2. The van der Waals surface area contributed by atoms with Gasteiger partial charge in [-0.25, -0.2) is 0 Å². The van der Waals surface area contributed by atoms with Crippen LogP contribution in [0.25, 0.3) is 0 Å². The van der Waals surface area contributed by atoms with Crippen molar-refractivity contribution in [2.45, 2.75) is 116 Å². The Morgan fingerprint density at radius 1 is 0.714 bits per heavy atom. The largest absolute Gasteiger partial charge is 0.396 e. The summed E-state index contributed by atoms with van der Waals surface area (Å²) in [7, 11) is 1.74. The Hall–Kier alpha value is 0.230. The summed E-state index contributed by atoms with van der Waals surface area (Å²) in [5, 5.41) is 8.80. The van der Waals surface area contributed by atoms with E-state index in [4.69, 9.17) is 14.6 Å². The number of rotatable bonds is 24. The van der Waals surface area contributed by atoms with Crippen molar-refractivity contribution >= 4 is 11.8 Å². The smallest absolute Gasteiger partial charge is 0.0894 e. The quantitative estimate of drug-likeness (QED) is 0.171. The van der Waals surface area contributed by atoms with Crippen molar-refractivity contribution in [1.82, 2.24) is 0 Å². The molecule has 0 amide bonds. The summed E-state index contributed by atoms with van der Waals surface area (Å²) in [5.74, 6) is 1.68. The van der Waals surface area contributed by atoms with Gasteiger partial charge in [-0.05, 0) is 6.42 Å². The maximum atomic E-state index is 8.80. The van der Waals surface area contributed by atoms with Gasteiger partial charge in [0.15, 0.2) is 0 Å². The maximum absolute atomic E-state index is 8.80. The first-order chi connectivity index (χ1) is 13.8. The zero-order chi connectivity index (χ0) is 20.5. The fourth-order valence-electron chi connectivity index (χ4n) is 3.43. The van der Waals surface area contributed by atoms with Crippen LogP contribution in [0.15, 0.2) is 0 Å². The molecule has 0 saturated carbocycles. The number of methoxy groups -OCH3 is 1. The third-order valence-electron chi connectivity index (χ3n) is 5.32. The topological polar surface area (TPSA) is 38.7 Å². The predicted molar refractivity (Wildman–Crippen MR) is 126 cm³/mol. The molecule has 170 valence electrons. The average molecular weight is 419 g/mol. The summed E-state index contributed by atoms with van der Waals surface area (Å²) in [6.07, 6.45) is 22.5. The number of ether oxygens (including phenoxy) is 2. The summed E-state index contributed by atoms with van der Waals surface area (Å²) in [6.45, 7) is 4.05.